The van der Waals surface area contributed by atoms with Crippen LogP contribution in [0.1, 0.15) is 27.5 Å². The predicted octanol–water partition coefficient (Wildman–Crippen LogP) is 4.25. The summed E-state index contributed by atoms with van der Waals surface area (Å²) in [5, 5.41) is 21.9. The van der Waals surface area contributed by atoms with Crippen LogP contribution in [0.25, 0.3) is 0 Å². The molecular formula is C23H18ClN5OS. The average molecular weight is 448 g/mol. The third-order valence-electron chi connectivity index (χ3n) is 4.45. The van der Waals surface area contributed by atoms with E-state index in [4.69, 9.17) is 22.6 Å². The fraction of sp³-hybridized carbons (Fsp3) is 0.130. The second kappa shape index (κ2) is 10.5. The standard InChI is InChI=1S/C23H18ClN5OS/c24-19-8-6-15(7-9-19)10-11-28-22(30)20(16-4-2-1-3-5-16)31-23-18(14-26)12-17(13-25)21(27)29-23/h1-9,12,20H,10-11H2,(H2,27,29)(H,28,30). The number of nitrogens with zero attached hydrogens (tertiary/aromatic N) is 3. The quantitative estimate of drug-likeness (QED) is 0.523. The molecule has 1 amide bonds. The summed E-state index contributed by atoms with van der Waals surface area (Å²) in [7, 11) is 0. The first-order valence-electron chi connectivity index (χ1n) is 9.36. The van der Waals surface area contributed by atoms with Gasteiger partial charge in [-0.1, -0.05) is 65.8 Å². The van der Waals surface area contributed by atoms with E-state index in [0.29, 0.717) is 23.0 Å². The first-order valence-corrected chi connectivity index (χ1v) is 10.6. The highest BCUT2D eigenvalue weighted by Gasteiger charge is 2.24. The Hall–Kier alpha value is -3.52. The van der Waals surface area contributed by atoms with Crippen molar-refractivity contribution < 1.29 is 4.79 Å². The van der Waals surface area contributed by atoms with Gasteiger partial charge in [0.1, 0.15) is 28.2 Å². The molecular weight excluding hydrogens is 430 g/mol. The third-order valence-corrected chi connectivity index (χ3v) is 5.96. The van der Waals surface area contributed by atoms with Gasteiger partial charge in [-0.3, -0.25) is 4.79 Å². The molecule has 1 atom stereocenters. The van der Waals surface area contributed by atoms with E-state index in [1.54, 1.807) is 0 Å². The van der Waals surface area contributed by atoms with Crippen molar-refractivity contribution in [1.82, 2.24) is 10.3 Å². The lowest BCUT2D eigenvalue weighted by molar-refractivity contribution is -0.120. The van der Waals surface area contributed by atoms with Gasteiger partial charge in [-0.2, -0.15) is 10.5 Å². The molecule has 0 aliphatic rings. The summed E-state index contributed by atoms with van der Waals surface area (Å²) in [6.07, 6.45) is 0.653. The number of aromatic nitrogens is 1. The fourth-order valence-corrected chi connectivity index (χ4v) is 4.07. The molecule has 154 valence electrons. The van der Waals surface area contributed by atoms with Crippen LogP contribution in [0.3, 0.4) is 0 Å². The molecule has 2 aromatic carbocycles. The second-order valence-corrected chi connectivity index (χ2v) is 8.10. The number of pyridine rings is 1. The van der Waals surface area contributed by atoms with Gasteiger partial charge in [0.15, 0.2) is 0 Å². The number of anilines is 1. The number of thioether (sulfide) groups is 1. The van der Waals surface area contributed by atoms with Crippen LogP contribution < -0.4 is 11.1 Å². The van der Waals surface area contributed by atoms with Gasteiger partial charge in [0.25, 0.3) is 0 Å². The van der Waals surface area contributed by atoms with E-state index in [1.807, 2.05) is 66.7 Å². The molecule has 3 rings (SSSR count). The highest BCUT2D eigenvalue weighted by atomic mass is 35.5. The lowest BCUT2D eigenvalue weighted by Crippen LogP contribution is -2.30. The fourth-order valence-electron chi connectivity index (χ4n) is 2.86. The van der Waals surface area contributed by atoms with Crippen LogP contribution in [0.4, 0.5) is 5.82 Å². The Morgan fingerprint density at radius 2 is 1.77 bits per heavy atom. The molecule has 1 heterocycles. The number of carbonyl (C=O) groups is 1. The van der Waals surface area contributed by atoms with E-state index in [9.17, 15) is 10.1 Å². The predicted molar refractivity (Wildman–Crippen MR) is 121 cm³/mol. The molecule has 1 unspecified atom stereocenters. The molecule has 0 fully saturated rings. The number of nitrogens with one attached hydrogen (secondary N) is 1. The molecule has 3 aromatic rings. The molecule has 0 bridgehead atoms. The first-order chi connectivity index (χ1) is 15.0. The van der Waals surface area contributed by atoms with Crippen molar-refractivity contribution in [3.63, 3.8) is 0 Å². The van der Waals surface area contributed by atoms with E-state index in [1.165, 1.54) is 6.07 Å². The molecule has 31 heavy (non-hydrogen) atoms. The molecule has 0 radical (unpaired) electrons. The van der Waals surface area contributed by atoms with Crippen molar-refractivity contribution in [3.05, 3.63) is 87.9 Å². The van der Waals surface area contributed by atoms with Crippen LogP contribution in [-0.2, 0) is 11.2 Å². The molecule has 0 aliphatic carbocycles. The minimum atomic E-state index is -0.640. The molecule has 8 heteroatoms. The van der Waals surface area contributed by atoms with Crippen LogP contribution in [0, 0.1) is 22.7 Å². The molecule has 0 saturated heterocycles. The number of carbonyl (C=O) groups excluding carboxylic acids is 1. The van der Waals surface area contributed by atoms with Crippen molar-refractivity contribution in [1.29, 1.82) is 10.5 Å². The van der Waals surface area contributed by atoms with Crippen LogP contribution in [0.5, 0.6) is 0 Å². The summed E-state index contributed by atoms with van der Waals surface area (Å²) in [4.78, 5) is 17.3. The normalized spacial score (nSPS) is 11.2. The number of rotatable bonds is 7. The number of nitriles is 2. The average Bonchev–Trinajstić information content (AvgIpc) is 2.79. The summed E-state index contributed by atoms with van der Waals surface area (Å²) in [6.45, 7) is 0.443. The van der Waals surface area contributed by atoms with Gasteiger partial charge in [-0.05, 0) is 35.7 Å². The maximum Gasteiger partial charge on any atom is 0.238 e. The monoisotopic (exact) mass is 447 g/mol. The number of benzene rings is 2. The van der Waals surface area contributed by atoms with E-state index in [-0.39, 0.29) is 22.9 Å². The van der Waals surface area contributed by atoms with E-state index in [0.717, 1.165) is 22.9 Å². The maximum atomic E-state index is 13.1. The van der Waals surface area contributed by atoms with Crippen molar-refractivity contribution in [3.8, 4) is 12.1 Å². The minimum Gasteiger partial charge on any atom is -0.383 e. The van der Waals surface area contributed by atoms with Crippen LogP contribution >= 0.6 is 23.4 Å². The number of hydrogen-bond acceptors (Lipinski definition) is 6. The zero-order chi connectivity index (χ0) is 22.2. The number of nitrogens with two attached hydrogens (primary N) is 1. The summed E-state index contributed by atoms with van der Waals surface area (Å²) in [6, 6.07) is 22.0. The Morgan fingerprint density at radius 1 is 1.10 bits per heavy atom. The van der Waals surface area contributed by atoms with Crippen LogP contribution in [0.2, 0.25) is 5.02 Å². The Balaban J connectivity index is 1.80. The van der Waals surface area contributed by atoms with Crippen molar-refractivity contribution in [2.45, 2.75) is 16.7 Å². The van der Waals surface area contributed by atoms with E-state index < -0.39 is 5.25 Å². The number of nitrogen functional groups attached to an aromatic ring is 1. The van der Waals surface area contributed by atoms with Gasteiger partial charge < -0.3 is 11.1 Å². The molecule has 6 nitrogen and oxygen atoms in total. The summed E-state index contributed by atoms with van der Waals surface area (Å²) in [5.41, 5.74) is 7.99. The minimum absolute atomic E-state index is 0.0268. The van der Waals surface area contributed by atoms with Crippen molar-refractivity contribution >= 4 is 35.1 Å². The van der Waals surface area contributed by atoms with Crippen LogP contribution in [-0.4, -0.2) is 17.4 Å². The van der Waals surface area contributed by atoms with Crippen molar-refractivity contribution in [2.75, 3.05) is 12.3 Å². The van der Waals surface area contributed by atoms with Crippen LogP contribution in [0.15, 0.2) is 65.7 Å². The zero-order valence-corrected chi connectivity index (χ0v) is 18.0. The summed E-state index contributed by atoms with van der Waals surface area (Å²) in [5.74, 6) is -0.183. The van der Waals surface area contributed by atoms with Gasteiger partial charge in [-0.25, -0.2) is 4.98 Å². The maximum absolute atomic E-state index is 13.1. The Labute approximate surface area is 189 Å². The smallest absolute Gasteiger partial charge is 0.238 e. The number of hydrogen-bond donors (Lipinski definition) is 2. The van der Waals surface area contributed by atoms with Crippen molar-refractivity contribution in [2.24, 2.45) is 0 Å². The van der Waals surface area contributed by atoms with Gasteiger partial charge in [0.05, 0.1) is 11.1 Å². The van der Waals surface area contributed by atoms with E-state index >= 15 is 0 Å². The lowest BCUT2D eigenvalue weighted by Gasteiger charge is -2.17. The Bertz CT molecular complexity index is 1150. The summed E-state index contributed by atoms with van der Waals surface area (Å²) < 4.78 is 0. The molecule has 0 saturated carbocycles. The Morgan fingerprint density at radius 3 is 2.42 bits per heavy atom. The first kappa shape index (κ1) is 22.2. The topological polar surface area (TPSA) is 116 Å². The molecule has 1 aromatic heterocycles. The highest BCUT2D eigenvalue weighted by molar-refractivity contribution is 8.00. The highest BCUT2D eigenvalue weighted by Crippen LogP contribution is 2.37. The van der Waals surface area contributed by atoms with Gasteiger partial charge in [0.2, 0.25) is 5.91 Å². The van der Waals surface area contributed by atoms with E-state index in [2.05, 4.69) is 10.3 Å². The lowest BCUT2D eigenvalue weighted by atomic mass is 10.1. The largest absolute Gasteiger partial charge is 0.383 e. The van der Waals surface area contributed by atoms with Gasteiger partial charge in [-0.15, -0.1) is 0 Å². The number of halogens is 1. The molecule has 0 spiro atoms. The zero-order valence-electron chi connectivity index (χ0n) is 16.4. The number of amides is 1. The molecule has 3 N–H and O–H groups in total. The SMILES string of the molecule is N#Cc1cc(C#N)c(SC(C(=O)NCCc2ccc(Cl)cc2)c2ccccc2)nc1N. The second-order valence-electron chi connectivity index (χ2n) is 6.57. The van der Waals surface area contributed by atoms with Gasteiger partial charge >= 0.3 is 0 Å². The Kier molecular flexibility index (Phi) is 7.50. The third kappa shape index (κ3) is 5.76. The summed E-state index contributed by atoms with van der Waals surface area (Å²) >= 11 is 7.04. The molecule has 0 aliphatic heterocycles. The van der Waals surface area contributed by atoms with Gasteiger partial charge in [0, 0.05) is 11.6 Å².